The largest absolute Gasteiger partial charge is 0.465 e. The van der Waals surface area contributed by atoms with Crippen molar-refractivity contribution in [3.05, 3.63) is 65.9 Å². The fourth-order valence-corrected chi connectivity index (χ4v) is 2.27. The van der Waals surface area contributed by atoms with Gasteiger partial charge in [-0.3, -0.25) is 4.98 Å². The summed E-state index contributed by atoms with van der Waals surface area (Å²) in [5.41, 5.74) is 2.10. The smallest absolute Gasteiger partial charge is 0.337 e. The molecule has 0 atom stereocenters. The van der Waals surface area contributed by atoms with Crippen LogP contribution in [0.1, 0.15) is 16.1 Å². The maximum atomic E-state index is 11.7. The molecule has 3 aromatic rings. The van der Waals surface area contributed by atoms with Gasteiger partial charge in [0.05, 0.1) is 18.2 Å². The van der Waals surface area contributed by atoms with Crippen LogP contribution in [0, 0.1) is 6.92 Å². The quantitative estimate of drug-likeness (QED) is 0.681. The molecule has 3 rings (SSSR count). The van der Waals surface area contributed by atoms with Gasteiger partial charge < -0.3 is 9.47 Å². The van der Waals surface area contributed by atoms with Crippen molar-refractivity contribution < 1.29 is 14.3 Å². The number of rotatable bonds is 3. The lowest BCUT2D eigenvalue weighted by atomic mass is 10.1. The molecule has 0 fully saturated rings. The van der Waals surface area contributed by atoms with E-state index in [0.29, 0.717) is 11.3 Å². The monoisotopic (exact) mass is 293 g/mol. The van der Waals surface area contributed by atoms with Crippen molar-refractivity contribution in [2.75, 3.05) is 7.11 Å². The second kappa shape index (κ2) is 5.85. The van der Waals surface area contributed by atoms with Gasteiger partial charge in [-0.25, -0.2) is 4.79 Å². The highest BCUT2D eigenvalue weighted by Gasteiger charge is 2.11. The number of carbonyl (C=O) groups excluding carboxylic acids is 1. The zero-order valence-electron chi connectivity index (χ0n) is 12.4. The molecule has 0 amide bonds. The summed E-state index contributed by atoms with van der Waals surface area (Å²) in [5.74, 6) is 1.02. The lowest BCUT2D eigenvalue weighted by Gasteiger charge is -2.10. The Morgan fingerprint density at radius 3 is 2.55 bits per heavy atom. The summed E-state index contributed by atoms with van der Waals surface area (Å²) in [6.45, 7) is 1.91. The van der Waals surface area contributed by atoms with E-state index in [1.165, 1.54) is 7.11 Å². The van der Waals surface area contributed by atoms with Crippen LogP contribution in [0.15, 0.2) is 54.6 Å². The van der Waals surface area contributed by atoms with Crippen molar-refractivity contribution in [3.63, 3.8) is 0 Å². The van der Waals surface area contributed by atoms with Crippen LogP contribution in [0.25, 0.3) is 10.9 Å². The highest BCUT2D eigenvalue weighted by molar-refractivity contribution is 5.96. The number of benzene rings is 2. The maximum Gasteiger partial charge on any atom is 0.337 e. The van der Waals surface area contributed by atoms with Crippen LogP contribution < -0.4 is 4.74 Å². The number of aromatic nitrogens is 1. The molecule has 0 saturated heterocycles. The molecule has 0 saturated carbocycles. The molecule has 0 radical (unpaired) electrons. The summed E-state index contributed by atoms with van der Waals surface area (Å²) in [5, 5.41) is 0.775. The minimum atomic E-state index is -0.381. The normalized spacial score (nSPS) is 10.5. The first-order valence-electron chi connectivity index (χ1n) is 6.90. The van der Waals surface area contributed by atoms with Crippen molar-refractivity contribution >= 4 is 16.9 Å². The highest BCUT2D eigenvalue weighted by Crippen LogP contribution is 2.30. The van der Waals surface area contributed by atoms with Gasteiger partial charge in [-0.2, -0.15) is 0 Å². The Bertz CT molecular complexity index is 828. The summed E-state index contributed by atoms with van der Waals surface area (Å²) < 4.78 is 10.7. The van der Waals surface area contributed by atoms with Crippen LogP contribution in [0.5, 0.6) is 11.5 Å². The van der Waals surface area contributed by atoms with Crippen molar-refractivity contribution in [1.82, 2.24) is 4.98 Å². The predicted molar refractivity (Wildman–Crippen MR) is 84.3 cm³/mol. The van der Waals surface area contributed by atoms with E-state index in [4.69, 9.17) is 9.47 Å². The first-order valence-corrected chi connectivity index (χ1v) is 6.90. The van der Waals surface area contributed by atoms with Crippen LogP contribution in [0.4, 0.5) is 0 Å². The van der Waals surface area contributed by atoms with Gasteiger partial charge >= 0.3 is 5.97 Å². The van der Waals surface area contributed by atoms with E-state index in [2.05, 4.69) is 4.98 Å². The van der Waals surface area contributed by atoms with E-state index in [1.54, 1.807) is 18.2 Å². The summed E-state index contributed by atoms with van der Waals surface area (Å²) in [4.78, 5) is 16.2. The number of carbonyl (C=O) groups is 1. The van der Waals surface area contributed by atoms with Crippen LogP contribution in [-0.2, 0) is 4.74 Å². The van der Waals surface area contributed by atoms with Crippen molar-refractivity contribution in [1.29, 1.82) is 0 Å². The summed E-state index contributed by atoms with van der Waals surface area (Å²) in [6, 6.07) is 16.6. The van der Waals surface area contributed by atoms with Crippen LogP contribution in [0.3, 0.4) is 0 Å². The minimum Gasteiger partial charge on any atom is -0.465 e. The van der Waals surface area contributed by atoms with E-state index in [0.717, 1.165) is 22.3 Å². The molecule has 110 valence electrons. The Balaban J connectivity index is 2.12. The Kier molecular flexibility index (Phi) is 3.74. The number of nitrogens with zero attached hydrogens (tertiary/aromatic N) is 1. The average molecular weight is 293 g/mol. The molecule has 0 bridgehead atoms. The van der Waals surface area contributed by atoms with Gasteiger partial charge in [-0.1, -0.05) is 18.2 Å². The van der Waals surface area contributed by atoms with Gasteiger partial charge in [-0.05, 0) is 37.3 Å². The summed E-state index contributed by atoms with van der Waals surface area (Å²) in [6.07, 6.45) is 0. The van der Waals surface area contributed by atoms with Gasteiger partial charge in [0.2, 0.25) is 0 Å². The molecule has 0 spiro atoms. The lowest BCUT2D eigenvalue weighted by molar-refractivity contribution is 0.0601. The third-order valence-electron chi connectivity index (χ3n) is 3.29. The van der Waals surface area contributed by atoms with E-state index in [-0.39, 0.29) is 5.97 Å². The first-order chi connectivity index (χ1) is 10.7. The number of methoxy groups -OCH3 is 1. The number of hydrogen-bond acceptors (Lipinski definition) is 4. The molecule has 1 heterocycles. The first kappa shape index (κ1) is 14.1. The molecule has 1 aromatic heterocycles. The van der Waals surface area contributed by atoms with Crippen molar-refractivity contribution in [2.24, 2.45) is 0 Å². The molecular weight excluding hydrogens is 278 g/mol. The second-order valence-electron chi connectivity index (χ2n) is 4.90. The number of pyridine rings is 1. The fourth-order valence-electron chi connectivity index (χ4n) is 2.27. The van der Waals surface area contributed by atoms with Gasteiger partial charge in [0, 0.05) is 17.1 Å². The molecule has 2 aromatic carbocycles. The molecule has 4 nitrogen and oxygen atoms in total. The molecule has 0 aliphatic carbocycles. The number of para-hydroxylation sites is 1. The summed E-state index contributed by atoms with van der Waals surface area (Å²) >= 11 is 0. The minimum absolute atomic E-state index is 0.381. The van der Waals surface area contributed by atoms with E-state index >= 15 is 0 Å². The van der Waals surface area contributed by atoms with E-state index in [9.17, 15) is 4.79 Å². The molecule has 0 N–H and O–H groups in total. The zero-order valence-corrected chi connectivity index (χ0v) is 12.4. The highest BCUT2D eigenvalue weighted by atomic mass is 16.5. The third kappa shape index (κ3) is 2.76. The molecular formula is C18H15NO3. The molecule has 4 heteroatoms. The van der Waals surface area contributed by atoms with Crippen LogP contribution in [-0.4, -0.2) is 18.1 Å². The number of aryl methyl sites for hydroxylation is 1. The van der Waals surface area contributed by atoms with Crippen molar-refractivity contribution in [3.8, 4) is 11.5 Å². The van der Waals surface area contributed by atoms with E-state index in [1.807, 2.05) is 43.3 Å². The Morgan fingerprint density at radius 2 is 1.82 bits per heavy atom. The van der Waals surface area contributed by atoms with E-state index < -0.39 is 0 Å². The maximum absolute atomic E-state index is 11.7. The predicted octanol–water partition coefficient (Wildman–Crippen LogP) is 4.12. The topological polar surface area (TPSA) is 48.4 Å². The van der Waals surface area contributed by atoms with Gasteiger partial charge in [0.15, 0.2) is 0 Å². The number of fused-ring (bicyclic) bond motifs is 1. The summed E-state index contributed by atoms with van der Waals surface area (Å²) in [7, 11) is 1.36. The lowest BCUT2D eigenvalue weighted by Crippen LogP contribution is -2.01. The standard InChI is InChI=1S/C18H15NO3/c1-12-10-17(22-14-6-4-3-5-7-14)15-11-13(18(20)21-2)8-9-16(15)19-12/h3-11H,1-2H3. The number of hydrogen-bond donors (Lipinski definition) is 0. The Labute approximate surface area is 128 Å². The third-order valence-corrected chi connectivity index (χ3v) is 3.29. The molecule has 0 aliphatic rings. The van der Waals surface area contributed by atoms with Crippen LogP contribution in [0.2, 0.25) is 0 Å². The van der Waals surface area contributed by atoms with Crippen molar-refractivity contribution in [2.45, 2.75) is 6.92 Å². The molecule has 22 heavy (non-hydrogen) atoms. The molecule has 0 aliphatic heterocycles. The SMILES string of the molecule is COC(=O)c1ccc2nc(C)cc(Oc3ccccc3)c2c1. The average Bonchev–Trinajstić information content (AvgIpc) is 2.54. The van der Waals surface area contributed by atoms with Gasteiger partial charge in [-0.15, -0.1) is 0 Å². The number of esters is 1. The number of ether oxygens (including phenoxy) is 2. The zero-order chi connectivity index (χ0) is 15.5. The Morgan fingerprint density at radius 1 is 1.05 bits per heavy atom. The molecule has 0 unspecified atom stereocenters. The fraction of sp³-hybridized carbons (Fsp3) is 0.111. The van der Waals surface area contributed by atoms with Crippen LogP contribution >= 0.6 is 0 Å². The van der Waals surface area contributed by atoms with Gasteiger partial charge in [0.1, 0.15) is 11.5 Å². The van der Waals surface area contributed by atoms with Gasteiger partial charge in [0.25, 0.3) is 0 Å². The second-order valence-corrected chi connectivity index (χ2v) is 4.90. The Hall–Kier alpha value is -2.88.